The Morgan fingerprint density at radius 1 is 1.43 bits per heavy atom. The number of carbonyl (C=O) groups is 1. The van der Waals surface area contributed by atoms with Gasteiger partial charge in [0.1, 0.15) is 0 Å². The summed E-state index contributed by atoms with van der Waals surface area (Å²) in [6, 6.07) is -0.0886. The van der Waals surface area contributed by atoms with Crippen molar-refractivity contribution < 1.29 is 14.8 Å². The van der Waals surface area contributed by atoms with Crippen LogP contribution in [0, 0.1) is 0 Å². The molecule has 2 fully saturated rings. The summed E-state index contributed by atoms with van der Waals surface area (Å²) >= 11 is 0. The van der Waals surface area contributed by atoms with E-state index in [1.807, 2.05) is 0 Å². The summed E-state index contributed by atoms with van der Waals surface area (Å²) in [6.07, 6.45) is 2.42. The van der Waals surface area contributed by atoms with Crippen molar-refractivity contribution in [2.75, 3.05) is 13.1 Å². The van der Waals surface area contributed by atoms with E-state index in [1.54, 1.807) is 4.90 Å². The van der Waals surface area contributed by atoms with E-state index < -0.39 is 13.1 Å². The Labute approximate surface area is 83.2 Å². The Bertz CT molecular complexity index is 233. The molecule has 78 valence electrons. The van der Waals surface area contributed by atoms with Gasteiger partial charge in [-0.05, 0) is 25.8 Å². The van der Waals surface area contributed by atoms with E-state index in [4.69, 9.17) is 10.0 Å². The average molecular weight is 198 g/mol. The summed E-state index contributed by atoms with van der Waals surface area (Å²) in [5.74, 6) is -0.378. The highest BCUT2D eigenvalue weighted by molar-refractivity contribution is 6.43. The van der Waals surface area contributed by atoms with Crippen LogP contribution in [0.25, 0.3) is 0 Å². The van der Waals surface area contributed by atoms with E-state index in [-0.39, 0.29) is 11.9 Å². The summed E-state index contributed by atoms with van der Waals surface area (Å²) in [6.45, 7) is 1.54. The fourth-order valence-corrected chi connectivity index (χ4v) is 2.08. The summed E-state index contributed by atoms with van der Waals surface area (Å²) < 4.78 is 0. The normalized spacial score (nSPS) is 31.4. The van der Waals surface area contributed by atoms with Gasteiger partial charge in [-0.1, -0.05) is 0 Å². The summed E-state index contributed by atoms with van der Waals surface area (Å²) in [4.78, 5) is 13.4. The van der Waals surface area contributed by atoms with E-state index in [2.05, 4.69) is 5.32 Å². The molecule has 6 heteroatoms. The van der Waals surface area contributed by atoms with E-state index in [0.29, 0.717) is 13.0 Å². The second-order valence-corrected chi connectivity index (χ2v) is 3.95. The molecule has 0 bridgehead atoms. The highest BCUT2D eigenvalue weighted by atomic mass is 16.4. The van der Waals surface area contributed by atoms with Gasteiger partial charge in [0.15, 0.2) is 0 Å². The Morgan fingerprint density at radius 3 is 2.64 bits per heavy atom. The van der Waals surface area contributed by atoms with Crippen LogP contribution >= 0.6 is 0 Å². The molecule has 3 N–H and O–H groups in total. The first-order valence-electron chi connectivity index (χ1n) is 5.10. The summed E-state index contributed by atoms with van der Waals surface area (Å²) in [5.41, 5.74) is 0. The fraction of sp³-hybridized carbons (Fsp3) is 0.875. The van der Waals surface area contributed by atoms with Crippen molar-refractivity contribution in [2.24, 2.45) is 0 Å². The number of hydrogen-bond donors (Lipinski definition) is 3. The molecule has 0 aromatic carbocycles. The monoisotopic (exact) mass is 198 g/mol. The van der Waals surface area contributed by atoms with Crippen molar-refractivity contribution in [1.82, 2.24) is 10.2 Å². The average Bonchev–Trinajstić information content (AvgIpc) is 2.47. The second kappa shape index (κ2) is 3.88. The minimum Gasteiger partial charge on any atom is -0.426 e. The van der Waals surface area contributed by atoms with E-state index in [1.165, 1.54) is 0 Å². The zero-order valence-electron chi connectivity index (χ0n) is 8.02. The van der Waals surface area contributed by atoms with Gasteiger partial charge in [-0.25, -0.2) is 0 Å². The Hall–Kier alpha value is -0.585. The largest absolute Gasteiger partial charge is 0.475 e. The minimum atomic E-state index is -1.40. The van der Waals surface area contributed by atoms with Crippen LogP contribution in [0.3, 0.4) is 0 Å². The highest BCUT2D eigenvalue weighted by Gasteiger charge is 2.40. The second-order valence-electron chi connectivity index (χ2n) is 3.95. The van der Waals surface area contributed by atoms with Gasteiger partial charge in [0, 0.05) is 6.54 Å². The predicted molar refractivity (Wildman–Crippen MR) is 51.3 cm³/mol. The van der Waals surface area contributed by atoms with Gasteiger partial charge in [-0.3, -0.25) is 4.79 Å². The van der Waals surface area contributed by atoms with Crippen LogP contribution < -0.4 is 5.32 Å². The van der Waals surface area contributed by atoms with Crippen molar-refractivity contribution in [2.45, 2.75) is 31.2 Å². The molecular formula is C8H15BN2O3. The van der Waals surface area contributed by atoms with Crippen LogP contribution in [-0.2, 0) is 4.79 Å². The zero-order valence-corrected chi connectivity index (χ0v) is 8.02. The smallest absolute Gasteiger partial charge is 0.426 e. The number of amides is 1. The molecule has 0 aromatic heterocycles. The topological polar surface area (TPSA) is 72.8 Å². The molecule has 5 nitrogen and oxygen atoms in total. The molecule has 0 unspecified atom stereocenters. The van der Waals surface area contributed by atoms with Gasteiger partial charge >= 0.3 is 7.12 Å². The number of hydrogen-bond acceptors (Lipinski definition) is 4. The van der Waals surface area contributed by atoms with Crippen molar-refractivity contribution in [3.05, 3.63) is 0 Å². The standard InChI is InChI=1S/C8H15BN2O3/c12-8(6-3-4-10-6)11-5-1-2-7(11)9(13)14/h6-7,10,13-14H,1-5H2/t6-,7-/m0/s1. The van der Waals surface area contributed by atoms with Gasteiger partial charge < -0.3 is 20.3 Å². The lowest BCUT2D eigenvalue weighted by molar-refractivity contribution is -0.135. The minimum absolute atomic E-state index is 0.0202. The molecule has 0 radical (unpaired) electrons. The van der Waals surface area contributed by atoms with Crippen molar-refractivity contribution >= 4 is 13.0 Å². The molecule has 0 aliphatic carbocycles. The molecule has 14 heavy (non-hydrogen) atoms. The molecule has 1 amide bonds. The quantitative estimate of drug-likeness (QED) is 0.465. The molecule has 2 aliphatic heterocycles. The molecule has 2 rings (SSSR count). The first-order valence-corrected chi connectivity index (χ1v) is 5.10. The Balaban J connectivity index is 1.97. The van der Waals surface area contributed by atoms with E-state index in [0.717, 1.165) is 19.4 Å². The van der Waals surface area contributed by atoms with Gasteiger partial charge in [-0.2, -0.15) is 0 Å². The van der Waals surface area contributed by atoms with Gasteiger partial charge in [0.05, 0.1) is 12.0 Å². The summed E-state index contributed by atoms with van der Waals surface area (Å²) in [5, 5.41) is 21.2. The Kier molecular flexibility index (Phi) is 2.76. The van der Waals surface area contributed by atoms with Crippen molar-refractivity contribution in [1.29, 1.82) is 0 Å². The van der Waals surface area contributed by atoms with Gasteiger partial charge in [0.25, 0.3) is 0 Å². The van der Waals surface area contributed by atoms with Crippen LogP contribution in [0.4, 0.5) is 0 Å². The van der Waals surface area contributed by atoms with Crippen LogP contribution in [0.1, 0.15) is 19.3 Å². The molecular weight excluding hydrogens is 183 g/mol. The lowest BCUT2D eigenvalue weighted by Gasteiger charge is -2.33. The van der Waals surface area contributed by atoms with Gasteiger partial charge in [-0.15, -0.1) is 0 Å². The predicted octanol–water partition coefficient (Wildman–Crippen LogP) is -1.65. The molecule has 0 saturated carbocycles. The lowest BCUT2D eigenvalue weighted by atomic mass is 9.77. The highest BCUT2D eigenvalue weighted by Crippen LogP contribution is 2.20. The maximum atomic E-state index is 11.8. The molecule has 2 heterocycles. The number of carbonyl (C=O) groups excluding carboxylic acids is 1. The first kappa shape index (κ1) is 9.95. The van der Waals surface area contributed by atoms with Crippen molar-refractivity contribution in [3.8, 4) is 0 Å². The SMILES string of the molecule is O=C([C@@H]1CCN1)N1CCC[C@H]1B(O)O. The zero-order chi connectivity index (χ0) is 10.1. The van der Waals surface area contributed by atoms with Crippen LogP contribution in [-0.4, -0.2) is 53.0 Å². The number of likely N-dealkylation sites (tertiary alicyclic amines) is 1. The maximum Gasteiger partial charge on any atom is 0.475 e. The molecule has 0 spiro atoms. The number of nitrogens with one attached hydrogen (secondary N) is 1. The maximum absolute atomic E-state index is 11.8. The van der Waals surface area contributed by atoms with Crippen LogP contribution in [0.15, 0.2) is 0 Å². The van der Waals surface area contributed by atoms with Gasteiger partial charge in [0.2, 0.25) is 5.91 Å². The third kappa shape index (κ3) is 1.65. The molecule has 2 atom stereocenters. The van der Waals surface area contributed by atoms with Crippen molar-refractivity contribution in [3.63, 3.8) is 0 Å². The van der Waals surface area contributed by atoms with E-state index in [9.17, 15) is 4.79 Å². The molecule has 2 saturated heterocycles. The fourth-order valence-electron chi connectivity index (χ4n) is 2.08. The third-order valence-electron chi connectivity index (χ3n) is 3.05. The molecule has 0 aromatic rings. The number of nitrogens with zero attached hydrogens (tertiary/aromatic N) is 1. The van der Waals surface area contributed by atoms with E-state index >= 15 is 0 Å². The van der Waals surface area contributed by atoms with Crippen LogP contribution in [0.5, 0.6) is 0 Å². The first-order chi connectivity index (χ1) is 6.70. The lowest BCUT2D eigenvalue weighted by Crippen LogP contribution is -2.57. The van der Waals surface area contributed by atoms with Crippen LogP contribution in [0.2, 0.25) is 0 Å². The Morgan fingerprint density at radius 2 is 2.14 bits per heavy atom. The summed E-state index contributed by atoms with van der Waals surface area (Å²) in [7, 11) is -1.40. The molecule has 2 aliphatic rings. The number of rotatable bonds is 2. The third-order valence-corrected chi connectivity index (χ3v) is 3.05.